The Labute approximate surface area is 96.1 Å². The van der Waals surface area contributed by atoms with Crippen molar-refractivity contribution in [1.29, 1.82) is 0 Å². The molecule has 3 nitrogen and oxygen atoms in total. The minimum absolute atomic E-state index is 0.722. The lowest BCUT2D eigenvalue weighted by Gasteiger charge is -2.01. The summed E-state index contributed by atoms with van der Waals surface area (Å²) in [6, 6.07) is 7.90. The number of hydrogen-bond donors (Lipinski definition) is 0. The molecular weight excluding hydrogens is 198 g/mol. The maximum Gasteiger partial charge on any atom is 0.153 e. The van der Waals surface area contributed by atoms with Crippen molar-refractivity contribution in [3.05, 3.63) is 42.4 Å². The van der Waals surface area contributed by atoms with E-state index in [2.05, 4.69) is 30.0 Å². The van der Waals surface area contributed by atoms with Crippen molar-refractivity contribution in [3.8, 4) is 5.82 Å². The van der Waals surface area contributed by atoms with Crippen LogP contribution in [-0.2, 0) is 6.42 Å². The van der Waals surface area contributed by atoms with Crippen molar-refractivity contribution in [1.82, 2.24) is 14.8 Å². The summed E-state index contributed by atoms with van der Waals surface area (Å²) in [4.78, 5) is 4.26. The van der Waals surface area contributed by atoms with E-state index in [1.54, 1.807) is 6.20 Å². The third kappa shape index (κ3) is 2.69. The molecule has 0 fully saturated rings. The van der Waals surface area contributed by atoms with Gasteiger partial charge in [0.1, 0.15) is 0 Å². The highest BCUT2D eigenvalue weighted by Crippen LogP contribution is 2.09. The molecule has 0 saturated carbocycles. The van der Waals surface area contributed by atoms with Crippen LogP contribution in [0.25, 0.3) is 5.82 Å². The molecule has 0 aliphatic heterocycles. The normalized spacial score (nSPS) is 10.9. The van der Waals surface area contributed by atoms with E-state index in [0.29, 0.717) is 0 Å². The molecule has 0 spiro atoms. The minimum Gasteiger partial charge on any atom is -0.237 e. The summed E-state index contributed by atoms with van der Waals surface area (Å²) in [7, 11) is 0. The summed E-state index contributed by atoms with van der Waals surface area (Å²) in [6.07, 6.45) is 5.97. The third-order valence-electron chi connectivity index (χ3n) is 2.51. The van der Waals surface area contributed by atoms with Crippen molar-refractivity contribution >= 4 is 0 Å². The summed E-state index contributed by atoms with van der Waals surface area (Å²) in [5.74, 6) is 1.60. The third-order valence-corrected chi connectivity index (χ3v) is 2.51. The van der Waals surface area contributed by atoms with E-state index in [1.807, 2.05) is 29.1 Å². The molecular formula is C13H17N3. The zero-order valence-corrected chi connectivity index (χ0v) is 9.80. The standard InChI is InChI=1S/C13H17N3/c1-11(2)6-7-12-8-10-16(15-12)13-5-3-4-9-14-13/h3-5,8-11H,6-7H2,1-2H3. The predicted molar refractivity (Wildman–Crippen MR) is 64.5 cm³/mol. The van der Waals surface area contributed by atoms with Gasteiger partial charge in [-0.1, -0.05) is 19.9 Å². The first-order valence-electron chi connectivity index (χ1n) is 5.71. The van der Waals surface area contributed by atoms with Gasteiger partial charge in [0.15, 0.2) is 5.82 Å². The van der Waals surface area contributed by atoms with Gasteiger partial charge < -0.3 is 0 Å². The number of aromatic nitrogens is 3. The van der Waals surface area contributed by atoms with E-state index in [0.717, 1.165) is 23.9 Å². The molecule has 0 aromatic carbocycles. The highest BCUT2D eigenvalue weighted by Gasteiger charge is 2.02. The average Bonchev–Trinajstić information content (AvgIpc) is 2.76. The summed E-state index contributed by atoms with van der Waals surface area (Å²) in [5, 5.41) is 4.51. The van der Waals surface area contributed by atoms with Gasteiger partial charge in [0.2, 0.25) is 0 Å². The van der Waals surface area contributed by atoms with Gasteiger partial charge in [-0.15, -0.1) is 0 Å². The van der Waals surface area contributed by atoms with Crippen molar-refractivity contribution in [2.45, 2.75) is 26.7 Å². The topological polar surface area (TPSA) is 30.7 Å². The first kappa shape index (κ1) is 10.9. The highest BCUT2D eigenvalue weighted by atomic mass is 15.3. The molecule has 16 heavy (non-hydrogen) atoms. The second-order valence-corrected chi connectivity index (χ2v) is 4.37. The zero-order chi connectivity index (χ0) is 11.4. The largest absolute Gasteiger partial charge is 0.237 e. The molecule has 0 aliphatic rings. The van der Waals surface area contributed by atoms with Crippen molar-refractivity contribution in [3.63, 3.8) is 0 Å². The molecule has 0 amide bonds. The molecule has 0 N–H and O–H groups in total. The summed E-state index contributed by atoms with van der Waals surface area (Å²) >= 11 is 0. The smallest absolute Gasteiger partial charge is 0.153 e. The summed E-state index contributed by atoms with van der Waals surface area (Å²) in [5.41, 5.74) is 1.14. The van der Waals surface area contributed by atoms with Crippen LogP contribution in [0.2, 0.25) is 0 Å². The van der Waals surface area contributed by atoms with E-state index < -0.39 is 0 Å². The van der Waals surface area contributed by atoms with Crippen LogP contribution in [0.1, 0.15) is 26.0 Å². The van der Waals surface area contributed by atoms with Gasteiger partial charge in [-0.2, -0.15) is 5.10 Å². The van der Waals surface area contributed by atoms with Gasteiger partial charge in [0.05, 0.1) is 5.69 Å². The van der Waals surface area contributed by atoms with Crippen LogP contribution in [0.5, 0.6) is 0 Å². The molecule has 3 heteroatoms. The fourth-order valence-electron chi connectivity index (χ4n) is 1.55. The van der Waals surface area contributed by atoms with E-state index in [9.17, 15) is 0 Å². The van der Waals surface area contributed by atoms with Gasteiger partial charge in [-0.25, -0.2) is 9.67 Å². The van der Waals surface area contributed by atoms with Crippen LogP contribution >= 0.6 is 0 Å². The quantitative estimate of drug-likeness (QED) is 0.785. The van der Waals surface area contributed by atoms with E-state index in [4.69, 9.17) is 0 Å². The van der Waals surface area contributed by atoms with Crippen LogP contribution in [0.4, 0.5) is 0 Å². The molecule has 0 saturated heterocycles. The first-order valence-corrected chi connectivity index (χ1v) is 5.71. The van der Waals surface area contributed by atoms with Gasteiger partial charge in [-0.05, 0) is 37.0 Å². The Morgan fingerprint density at radius 1 is 1.25 bits per heavy atom. The second kappa shape index (κ2) is 4.92. The Morgan fingerprint density at radius 2 is 2.12 bits per heavy atom. The summed E-state index contributed by atoms with van der Waals surface area (Å²) < 4.78 is 1.83. The maximum atomic E-state index is 4.51. The SMILES string of the molecule is CC(C)CCc1ccn(-c2ccccn2)n1. The van der Waals surface area contributed by atoms with E-state index >= 15 is 0 Å². The highest BCUT2D eigenvalue weighted by molar-refractivity contribution is 5.20. The molecule has 0 radical (unpaired) electrons. The van der Waals surface area contributed by atoms with Gasteiger partial charge in [0, 0.05) is 12.4 Å². The second-order valence-electron chi connectivity index (χ2n) is 4.37. The van der Waals surface area contributed by atoms with Crippen molar-refractivity contribution in [2.24, 2.45) is 5.92 Å². The number of rotatable bonds is 4. The lowest BCUT2D eigenvalue weighted by Crippen LogP contribution is -1.99. The van der Waals surface area contributed by atoms with Crippen LogP contribution in [0.3, 0.4) is 0 Å². The maximum absolute atomic E-state index is 4.51. The molecule has 0 aliphatic carbocycles. The van der Waals surface area contributed by atoms with Crippen LogP contribution < -0.4 is 0 Å². The number of hydrogen-bond acceptors (Lipinski definition) is 2. The Kier molecular flexibility index (Phi) is 3.34. The molecule has 2 aromatic rings. The Bertz CT molecular complexity index is 431. The fraction of sp³-hybridized carbons (Fsp3) is 0.385. The number of aryl methyl sites for hydroxylation is 1. The Balaban J connectivity index is 2.08. The van der Waals surface area contributed by atoms with Gasteiger partial charge in [0.25, 0.3) is 0 Å². The number of nitrogens with zero attached hydrogens (tertiary/aromatic N) is 3. The lowest BCUT2D eigenvalue weighted by molar-refractivity contribution is 0.578. The fourth-order valence-corrected chi connectivity index (χ4v) is 1.55. The monoisotopic (exact) mass is 215 g/mol. The first-order chi connectivity index (χ1) is 7.75. The van der Waals surface area contributed by atoms with Crippen molar-refractivity contribution in [2.75, 3.05) is 0 Å². The van der Waals surface area contributed by atoms with Crippen molar-refractivity contribution < 1.29 is 0 Å². The molecule has 0 atom stereocenters. The van der Waals surface area contributed by atoms with Crippen LogP contribution in [0.15, 0.2) is 36.7 Å². The lowest BCUT2D eigenvalue weighted by atomic mass is 10.1. The van der Waals surface area contributed by atoms with Crippen LogP contribution in [-0.4, -0.2) is 14.8 Å². The van der Waals surface area contributed by atoms with Crippen LogP contribution in [0, 0.1) is 5.92 Å². The zero-order valence-electron chi connectivity index (χ0n) is 9.80. The summed E-state index contributed by atoms with van der Waals surface area (Å²) in [6.45, 7) is 4.46. The molecule has 0 unspecified atom stereocenters. The predicted octanol–water partition coefficient (Wildman–Crippen LogP) is 2.86. The molecule has 2 aromatic heterocycles. The Morgan fingerprint density at radius 3 is 2.81 bits per heavy atom. The number of pyridine rings is 1. The molecule has 2 rings (SSSR count). The average molecular weight is 215 g/mol. The molecule has 2 heterocycles. The minimum atomic E-state index is 0.722. The van der Waals surface area contributed by atoms with Gasteiger partial charge >= 0.3 is 0 Å². The Hall–Kier alpha value is -1.64. The van der Waals surface area contributed by atoms with E-state index in [1.165, 1.54) is 6.42 Å². The molecule has 0 bridgehead atoms. The van der Waals surface area contributed by atoms with E-state index in [-0.39, 0.29) is 0 Å². The molecule has 84 valence electrons. The van der Waals surface area contributed by atoms with Gasteiger partial charge in [-0.3, -0.25) is 0 Å².